The van der Waals surface area contributed by atoms with E-state index in [1.165, 1.54) is 17.7 Å². The fraction of sp³-hybridized carbons (Fsp3) is 0.188. The third-order valence-electron chi connectivity index (χ3n) is 3.45. The van der Waals surface area contributed by atoms with E-state index in [-0.39, 0.29) is 0 Å². The maximum absolute atomic E-state index is 12.6. The van der Waals surface area contributed by atoms with Crippen molar-refractivity contribution in [3.05, 3.63) is 66.2 Å². The van der Waals surface area contributed by atoms with Crippen molar-refractivity contribution in [3.8, 4) is 0 Å². The molecule has 0 spiro atoms. The van der Waals surface area contributed by atoms with Gasteiger partial charge >= 0.3 is 6.18 Å². The second-order valence-electron chi connectivity index (χ2n) is 4.76. The van der Waals surface area contributed by atoms with Gasteiger partial charge in [0.05, 0.1) is 12.1 Å². The van der Waals surface area contributed by atoms with Crippen molar-refractivity contribution < 1.29 is 13.2 Å². The van der Waals surface area contributed by atoms with Crippen molar-refractivity contribution in [1.29, 1.82) is 0 Å². The van der Waals surface area contributed by atoms with E-state index in [1.54, 1.807) is 0 Å². The molecule has 2 aromatic carbocycles. The summed E-state index contributed by atoms with van der Waals surface area (Å²) < 4.78 is 37.7. The first kappa shape index (κ1) is 13.0. The zero-order valence-electron chi connectivity index (χ0n) is 10.7. The zero-order valence-corrected chi connectivity index (χ0v) is 10.7. The maximum Gasteiger partial charge on any atom is 0.416 e. The van der Waals surface area contributed by atoms with Crippen LogP contribution in [0.2, 0.25) is 0 Å². The molecule has 103 valence electrons. The van der Waals surface area contributed by atoms with Crippen LogP contribution in [0.4, 0.5) is 24.5 Å². The predicted molar refractivity (Wildman–Crippen MR) is 72.6 cm³/mol. The lowest BCUT2D eigenvalue weighted by molar-refractivity contribution is -0.137. The Kier molecular flexibility index (Phi) is 3.16. The molecule has 0 fully saturated rings. The van der Waals surface area contributed by atoms with Crippen LogP contribution in [0, 0.1) is 6.54 Å². The topological polar surface area (TPSA) is 3.24 Å². The predicted octanol–water partition coefficient (Wildman–Crippen LogP) is 4.95. The Morgan fingerprint density at radius 2 is 1.60 bits per heavy atom. The number of hydrogen-bond donors (Lipinski definition) is 0. The minimum atomic E-state index is -4.29. The SMILES string of the molecule is FC(F)(F)c1ccc(N2[CH]CCc3ccccc32)cc1. The summed E-state index contributed by atoms with van der Waals surface area (Å²) in [5.74, 6) is 0. The molecule has 0 bridgehead atoms. The molecule has 20 heavy (non-hydrogen) atoms. The quantitative estimate of drug-likeness (QED) is 0.712. The van der Waals surface area contributed by atoms with E-state index in [1.807, 2.05) is 29.6 Å². The third-order valence-corrected chi connectivity index (χ3v) is 3.45. The number of halogens is 3. The second kappa shape index (κ2) is 4.85. The van der Waals surface area contributed by atoms with Crippen molar-refractivity contribution in [1.82, 2.24) is 0 Å². The maximum atomic E-state index is 12.6. The fourth-order valence-electron chi connectivity index (χ4n) is 2.46. The molecule has 2 aromatic rings. The van der Waals surface area contributed by atoms with Gasteiger partial charge in [0.15, 0.2) is 0 Å². The minimum Gasteiger partial charge on any atom is -0.336 e. The average Bonchev–Trinajstić information content (AvgIpc) is 2.46. The highest BCUT2D eigenvalue weighted by molar-refractivity contribution is 5.69. The van der Waals surface area contributed by atoms with Gasteiger partial charge in [-0.05, 0) is 48.7 Å². The van der Waals surface area contributed by atoms with E-state index in [0.717, 1.165) is 36.3 Å². The van der Waals surface area contributed by atoms with Gasteiger partial charge in [-0.15, -0.1) is 0 Å². The molecule has 0 unspecified atom stereocenters. The van der Waals surface area contributed by atoms with Crippen LogP contribution >= 0.6 is 0 Å². The highest BCUT2D eigenvalue weighted by Gasteiger charge is 2.30. The lowest BCUT2D eigenvalue weighted by atomic mass is 10.0. The van der Waals surface area contributed by atoms with Crippen molar-refractivity contribution in [2.24, 2.45) is 0 Å². The summed E-state index contributed by atoms with van der Waals surface area (Å²) in [4.78, 5) is 1.96. The molecular weight excluding hydrogens is 263 g/mol. The highest BCUT2D eigenvalue weighted by atomic mass is 19.4. The number of fused-ring (bicyclic) bond motifs is 1. The highest BCUT2D eigenvalue weighted by Crippen LogP contribution is 2.37. The molecular formula is C16H13F3N. The van der Waals surface area contributed by atoms with Gasteiger partial charge in [0.1, 0.15) is 0 Å². The molecule has 1 heterocycles. The summed E-state index contributed by atoms with van der Waals surface area (Å²) in [6.07, 6.45) is -2.44. The average molecular weight is 276 g/mol. The summed E-state index contributed by atoms with van der Waals surface area (Å²) in [6, 6.07) is 13.2. The summed E-state index contributed by atoms with van der Waals surface area (Å²) >= 11 is 0. The summed E-state index contributed by atoms with van der Waals surface area (Å²) in [7, 11) is 0. The number of alkyl halides is 3. The number of nitrogens with zero attached hydrogens (tertiary/aromatic N) is 1. The Labute approximate surface area is 115 Å². The number of aryl methyl sites for hydroxylation is 1. The van der Waals surface area contributed by atoms with Gasteiger partial charge in [0.25, 0.3) is 0 Å². The molecule has 0 atom stereocenters. The minimum absolute atomic E-state index is 0.619. The molecule has 0 aromatic heterocycles. The van der Waals surface area contributed by atoms with Gasteiger partial charge in [-0.25, -0.2) is 0 Å². The van der Waals surface area contributed by atoms with E-state index in [9.17, 15) is 13.2 Å². The van der Waals surface area contributed by atoms with Crippen LogP contribution < -0.4 is 4.90 Å². The smallest absolute Gasteiger partial charge is 0.336 e. The number of anilines is 2. The summed E-state index contributed by atoms with van der Waals surface area (Å²) in [6.45, 7) is 2.02. The Morgan fingerprint density at radius 1 is 0.900 bits per heavy atom. The second-order valence-corrected chi connectivity index (χ2v) is 4.76. The molecule has 3 rings (SSSR count). The molecule has 0 amide bonds. The lowest BCUT2D eigenvalue weighted by Gasteiger charge is -2.31. The number of para-hydroxylation sites is 1. The van der Waals surface area contributed by atoms with E-state index in [0.29, 0.717) is 0 Å². The molecule has 0 N–H and O–H groups in total. The van der Waals surface area contributed by atoms with Crippen LogP contribution in [-0.4, -0.2) is 0 Å². The first-order valence-electron chi connectivity index (χ1n) is 6.43. The molecule has 1 radical (unpaired) electrons. The first-order valence-corrected chi connectivity index (χ1v) is 6.43. The van der Waals surface area contributed by atoms with E-state index in [4.69, 9.17) is 0 Å². The van der Waals surface area contributed by atoms with Gasteiger partial charge in [-0.1, -0.05) is 18.2 Å². The van der Waals surface area contributed by atoms with Crippen LogP contribution in [0.3, 0.4) is 0 Å². The van der Waals surface area contributed by atoms with E-state index >= 15 is 0 Å². The normalized spacial score (nSPS) is 15.1. The Bertz CT molecular complexity index is 602. The standard InChI is InChI=1S/C16H13F3N/c17-16(18,19)13-7-9-14(10-8-13)20-11-3-5-12-4-1-2-6-15(12)20/h1-2,4,6-11H,3,5H2. The molecule has 0 saturated heterocycles. The van der Waals surface area contributed by atoms with Crippen LogP contribution in [0.1, 0.15) is 17.5 Å². The van der Waals surface area contributed by atoms with Crippen LogP contribution in [0.15, 0.2) is 48.5 Å². The van der Waals surface area contributed by atoms with Gasteiger partial charge in [0, 0.05) is 11.4 Å². The number of rotatable bonds is 1. The molecule has 1 aliphatic rings. The van der Waals surface area contributed by atoms with Crippen LogP contribution in [-0.2, 0) is 12.6 Å². The fourth-order valence-corrected chi connectivity index (χ4v) is 2.46. The van der Waals surface area contributed by atoms with Gasteiger partial charge in [-0.3, -0.25) is 0 Å². The summed E-state index contributed by atoms with van der Waals surface area (Å²) in [5.41, 5.74) is 2.39. The number of benzene rings is 2. The van der Waals surface area contributed by atoms with Crippen molar-refractivity contribution in [3.63, 3.8) is 0 Å². The third kappa shape index (κ3) is 2.38. The van der Waals surface area contributed by atoms with Crippen molar-refractivity contribution in [2.45, 2.75) is 19.0 Å². The lowest BCUT2D eigenvalue weighted by Crippen LogP contribution is -2.19. The number of hydrogen-bond acceptors (Lipinski definition) is 1. The monoisotopic (exact) mass is 276 g/mol. The Balaban J connectivity index is 1.95. The van der Waals surface area contributed by atoms with Crippen molar-refractivity contribution in [2.75, 3.05) is 4.90 Å². The van der Waals surface area contributed by atoms with Gasteiger partial charge in [-0.2, -0.15) is 13.2 Å². The zero-order chi connectivity index (χ0) is 14.2. The van der Waals surface area contributed by atoms with Crippen molar-refractivity contribution >= 4 is 11.4 Å². The molecule has 1 nitrogen and oxygen atoms in total. The van der Waals surface area contributed by atoms with E-state index < -0.39 is 11.7 Å². The first-order chi connectivity index (χ1) is 9.55. The van der Waals surface area contributed by atoms with Crippen LogP contribution in [0.5, 0.6) is 0 Å². The summed E-state index contributed by atoms with van der Waals surface area (Å²) in [5, 5.41) is 0. The molecule has 1 aliphatic heterocycles. The Morgan fingerprint density at radius 3 is 2.30 bits per heavy atom. The van der Waals surface area contributed by atoms with Crippen LogP contribution in [0.25, 0.3) is 0 Å². The van der Waals surface area contributed by atoms with Gasteiger partial charge in [0.2, 0.25) is 0 Å². The van der Waals surface area contributed by atoms with E-state index in [2.05, 4.69) is 6.07 Å². The molecule has 4 heteroatoms. The molecule has 0 aliphatic carbocycles. The molecule has 0 saturated carbocycles. The van der Waals surface area contributed by atoms with Gasteiger partial charge < -0.3 is 4.90 Å². The Hall–Kier alpha value is -1.97. The largest absolute Gasteiger partial charge is 0.416 e.